The summed E-state index contributed by atoms with van der Waals surface area (Å²) in [7, 11) is -3.74. The zero-order valence-electron chi connectivity index (χ0n) is 16.6. The second kappa shape index (κ2) is 9.22. The highest BCUT2D eigenvalue weighted by Gasteiger charge is 2.27. The first kappa shape index (κ1) is 21.7. The number of carbonyl (C=O) groups excluding carboxylic acids is 1. The molecule has 0 aliphatic carbocycles. The minimum Gasteiger partial charge on any atom is -0.312 e. The van der Waals surface area contributed by atoms with Gasteiger partial charge in [-0.3, -0.25) is 4.79 Å². The predicted octanol–water partition coefficient (Wildman–Crippen LogP) is 4.47. The predicted molar refractivity (Wildman–Crippen MR) is 118 cm³/mol. The average molecular weight is 440 g/mol. The number of thiophene rings is 1. The van der Waals surface area contributed by atoms with E-state index in [1.165, 1.54) is 39.9 Å². The Morgan fingerprint density at radius 2 is 1.77 bits per heavy atom. The Morgan fingerprint density at radius 3 is 2.37 bits per heavy atom. The molecule has 30 heavy (non-hydrogen) atoms. The van der Waals surface area contributed by atoms with Crippen molar-refractivity contribution >= 4 is 32.3 Å². The highest BCUT2D eigenvalue weighted by atomic mass is 32.2. The fourth-order valence-corrected chi connectivity index (χ4v) is 5.25. The van der Waals surface area contributed by atoms with Crippen molar-refractivity contribution in [1.82, 2.24) is 4.31 Å². The number of nitriles is 1. The Balaban J connectivity index is 1.81. The van der Waals surface area contributed by atoms with Crippen molar-refractivity contribution in [2.75, 3.05) is 5.32 Å². The molecule has 154 valence electrons. The molecule has 2 aromatic carbocycles. The van der Waals surface area contributed by atoms with Crippen LogP contribution in [0.3, 0.4) is 0 Å². The Kier molecular flexibility index (Phi) is 6.67. The van der Waals surface area contributed by atoms with Crippen molar-refractivity contribution in [1.29, 1.82) is 5.26 Å². The van der Waals surface area contributed by atoms with Crippen molar-refractivity contribution in [3.8, 4) is 6.07 Å². The zero-order valence-corrected chi connectivity index (χ0v) is 18.2. The van der Waals surface area contributed by atoms with Crippen molar-refractivity contribution in [2.24, 2.45) is 0 Å². The summed E-state index contributed by atoms with van der Waals surface area (Å²) < 4.78 is 27.8. The van der Waals surface area contributed by atoms with Crippen molar-refractivity contribution in [2.45, 2.75) is 31.3 Å². The molecule has 8 heteroatoms. The minimum atomic E-state index is -3.74. The second-order valence-electron chi connectivity index (χ2n) is 6.88. The summed E-state index contributed by atoms with van der Waals surface area (Å²) in [6, 6.07) is 18.6. The van der Waals surface area contributed by atoms with Crippen LogP contribution in [-0.2, 0) is 16.6 Å². The van der Waals surface area contributed by atoms with Gasteiger partial charge in [-0.15, -0.1) is 11.3 Å². The van der Waals surface area contributed by atoms with Gasteiger partial charge in [0.1, 0.15) is 11.1 Å². The number of carbonyl (C=O) groups is 1. The quantitative estimate of drug-likeness (QED) is 0.588. The fourth-order valence-electron chi connectivity index (χ4n) is 2.89. The third-order valence-electron chi connectivity index (χ3n) is 4.49. The van der Waals surface area contributed by atoms with E-state index in [1.807, 2.05) is 50.2 Å². The zero-order chi connectivity index (χ0) is 21.7. The Bertz CT molecular complexity index is 1160. The van der Waals surface area contributed by atoms with E-state index in [2.05, 4.69) is 5.32 Å². The van der Waals surface area contributed by atoms with Gasteiger partial charge in [-0.25, -0.2) is 8.42 Å². The number of nitrogens with zero attached hydrogens (tertiary/aromatic N) is 2. The lowest BCUT2D eigenvalue weighted by atomic mass is 10.2. The summed E-state index contributed by atoms with van der Waals surface area (Å²) >= 11 is 1.26. The molecule has 0 saturated heterocycles. The van der Waals surface area contributed by atoms with Gasteiger partial charge in [-0.05, 0) is 55.1 Å². The fraction of sp³-hybridized carbons (Fsp3) is 0.182. The smallest absolute Gasteiger partial charge is 0.256 e. The molecule has 0 radical (unpaired) electrons. The number of anilines is 1. The van der Waals surface area contributed by atoms with Crippen LogP contribution in [0, 0.1) is 11.3 Å². The summed E-state index contributed by atoms with van der Waals surface area (Å²) in [5, 5.41) is 13.9. The third-order valence-corrected chi connectivity index (χ3v) is 7.36. The van der Waals surface area contributed by atoms with E-state index in [0.717, 1.165) is 5.56 Å². The second-order valence-corrected chi connectivity index (χ2v) is 9.69. The summed E-state index contributed by atoms with van der Waals surface area (Å²) in [4.78, 5) is 12.6. The van der Waals surface area contributed by atoms with E-state index in [9.17, 15) is 13.2 Å². The number of nitrogens with one attached hydrogen (secondary N) is 1. The largest absolute Gasteiger partial charge is 0.312 e. The topological polar surface area (TPSA) is 90.3 Å². The van der Waals surface area contributed by atoms with E-state index in [4.69, 9.17) is 5.26 Å². The first-order chi connectivity index (χ1) is 14.3. The van der Waals surface area contributed by atoms with Crippen LogP contribution in [-0.4, -0.2) is 24.7 Å². The lowest BCUT2D eigenvalue weighted by Gasteiger charge is -2.26. The van der Waals surface area contributed by atoms with E-state index in [1.54, 1.807) is 11.4 Å². The molecule has 6 nitrogen and oxygen atoms in total. The van der Waals surface area contributed by atoms with Crippen molar-refractivity contribution in [3.05, 3.63) is 82.7 Å². The van der Waals surface area contributed by atoms with Gasteiger partial charge < -0.3 is 5.32 Å². The van der Waals surface area contributed by atoms with Crippen LogP contribution < -0.4 is 5.32 Å². The van der Waals surface area contributed by atoms with Crippen LogP contribution in [0.25, 0.3) is 0 Å². The molecule has 0 fully saturated rings. The molecule has 3 aromatic rings. The molecular weight excluding hydrogens is 418 g/mol. The number of hydrogen-bond donors (Lipinski definition) is 1. The van der Waals surface area contributed by atoms with Gasteiger partial charge in [0.25, 0.3) is 5.91 Å². The van der Waals surface area contributed by atoms with Crippen molar-refractivity contribution in [3.63, 3.8) is 0 Å². The van der Waals surface area contributed by atoms with Crippen LogP contribution in [0.2, 0.25) is 0 Å². The molecule has 1 heterocycles. The molecule has 1 aromatic heterocycles. The molecule has 0 aliphatic heterocycles. The summed E-state index contributed by atoms with van der Waals surface area (Å²) in [5.41, 5.74) is 1.60. The lowest BCUT2D eigenvalue weighted by Crippen LogP contribution is -2.36. The third kappa shape index (κ3) is 4.76. The van der Waals surface area contributed by atoms with E-state index < -0.39 is 15.9 Å². The standard InChI is InChI=1S/C22H21N3O3S2/c1-16(2)25(15-17-6-4-3-5-7-17)30(27,28)20-10-8-18(9-11-20)21(26)24-22-19(14-23)12-13-29-22/h3-13,16H,15H2,1-2H3,(H,24,26). The maximum Gasteiger partial charge on any atom is 0.256 e. The molecule has 0 bridgehead atoms. The van der Waals surface area contributed by atoms with Gasteiger partial charge in [0, 0.05) is 18.2 Å². The van der Waals surface area contributed by atoms with Gasteiger partial charge in [-0.2, -0.15) is 9.57 Å². The molecule has 0 spiro atoms. The molecule has 0 atom stereocenters. The summed E-state index contributed by atoms with van der Waals surface area (Å²) in [5.74, 6) is -0.400. The van der Waals surface area contributed by atoms with Crippen molar-refractivity contribution < 1.29 is 13.2 Å². The number of amides is 1. The van der Waals surface area contributed by atoms with E-state index in [0.29, 0.717) is 16.1 Å². The molecule has 0 aliphatic rings. The first-order valence-corrected chi connectivity index (χ1v) is 11.6. The van der Waals surface area contributed by atoms with Crippen LogP contribution in [0.15, 0.2) is 70.9 Å². The van der Waals surface area contributed by atoms with Gasteiger partial charge in [0.15, 0.2) is 0 Å². The number of benzene rings is 2. The van der Waals surface area contributed by atoms with Gasteiger partial charge in [0.2, 0.25) is 10.0 Å². The maximum atomic E-state index is 13.2. The Morgan fingerprint density at radius 1 is 1.10 bits per heavy atom. The summed E-state index contributed by atoms with van der Waals surface area (Å²) in [6.07, 6.45) is 0. The Hall–Kier alpha value is -2.99. The van der Waals surface area contributed by atoms with Crippen LogP contribution in [0.5, 0.6) is 0 Å². The maximum absolute atomic E-state index is 13.2. The molecule has 0 unspecified atom stereocenters. The normalized spacial score (nSPS) is 11.4. The minimum absolute atomic E-state index is 0.123. The number of rotatable bonds is 7. The van der Waals surface area contributed by atoms with Crippen LogP contribution in [0.4, 0.5) is 5.00 Å². The lowest BCUT2D eigenvalue weighted by molar-refractivity contribution is 0.102. The number of sulfonamides is 1. The molecule has 1 N–H and O–H groups in total. The summed E-state index contributed by atoms with van der Waals surface area (Å²) in [6.45, 7) is 3.92. The van der Waals surface area contributed by atoms with Crippen LogP contribution in [0.1, 0.15) is 35.3 Å². The average Bonchev–Trinajstić information content (AvgIpc) is 3.19. The van der Waals surface area contributed by atoms with Gasteiger partial charge in [-0.1, -0.05) is 30.3 Å². The SMILES string of the molecule is CC(C)N(Cc1ccccc1)S(=O)(=O)c1ccc(C(=O)Nc2sccc2C#N)cc1. The molecular formula is C22H21N3O3S2. The first-order valence-electron chi connectivity index (χ1n) is 9.27. The van der Waals surface area contributed by atoms with Crippen LogP contribution >= 0.6 is 11.3 Å². The van der Waals surface area contributed by atoms with E-state index >= 15 is 0 Å². The number of hydrogen-bond acceptors (Lipinski definition) is 5. The van der Waals surface area contributed by atoms with Gasteiger partial charge >= 0.3 is 0 Å². The molecule has 1 amide bonds. The highest BCUT2D eigenvalue weighted by molar-refractivity contribution is 7.89. The van der Waals surface area contributed by atoms with E-state index in [-0.39, 0.29) is 17.5 Å². The van der Waals surface area contributed by atoms with Gasteiger partial charge in [0.05, 0.1) is 10.5 Å². The highest BCUT2D eigenvalue weighted by Crippen LogP contribution is 2.24. The molecule has 0 saturated carbocycles. The molecule has 3 rings (SSSR count). The monoisotopic (exact) mass is 439 g/mol. The Labute approximate surface area is 180 Å².